The van der Waals surface area contributed by atoms with Crippen LogP contribution >= 0.6 is 0 Å². The van der Waals surface area contributed by atoms with Crippen LogP contribution in [0.25, 0.3) is 0 Å². The van der Waals surface area contributed by atoms with Gasteiger partial charge in [0.15, 0.2) is 6.10 Å². The van der Waals surface area contributed by atoms with E-state index in [0.29, 0.717) is 5.92 Å². The first kappa shape index (κ1) is 9.76. The minimum Gasteiger partial charge on any atom is -0.374 e. The molecule has 13 heavy (non-hydrogen) atoms. The number of rotatable bonds is 2. The van der Waals surface area contributed by atoms with Crippen molar-refractivity contribution >= 4 is 0 Å². The van der Waals surface area contributed by atoms with Gasteiger partial charge in [0.25, 0.3) is 0 Å². The van der Waals surface area contributed by atoms with E-state index >= 15 is 0 Å². The highest BCUT2D eigenvalue weighted by Gasteiger charge is 2.12. The molecule has 0 bridgehead atoms. The molecule has 0 aliphatic carbocycles. The molecule has 0 radical (unpaired) electrons. The zero-order valence-electron chi connectivity index (χ0n) is 7.86. The van der Waals surface area contributed by atoms with E-state index in [-0.39, 0.29) is 0 Å². The first-order valence-electron chi connectivity index (χ1n) is 4.33. The number of benzene rings is 1. The number of nitrogens with zero attached hydrogens (tertiary/aromatic N) is 1. The van der Waals surface area contributed by atoms with Gasteiger partial charge in [0.05, 0.1) is 6.07 Å². The summed E-state index contributed by atoms with van der Waals surface area (Å²) in [7, 11) is 0. The highest BCUT2D eigenvalue weighted by Crippen LogP contribution is 2.24. The van der Waals surface area contributed by atoms with Gasteiger partial charge >= 0.3 is 0 Å². The fourth-order valence-electron chi connectivity index (χ4n) is 1.36. The molecular formula is C11H13NO. The van der Waals surface area contributed by atoms with E-state index in [1.54, 1.807) is 6.07 Å². The van der Waals surface area contributed by atoms with Gasteiger partial charge in [0.2, 0.25) is 0 Å². The molecule has 2 heteroatoms. The van der Waals surface area contributed by atoms with E-state index in [2.05, 4.69) is 0 Å². The predicted octanol–water partition coefficient (Wildman–Crippen LogP) is 2.37. The van der Waals surface area contributed by atoms with Crippen molar-refractivity contribution < 1.29 is 5.11 Å². The van der Waals surface area contributed by atoms with Crippen molar-refractivity contribution in [3.8, 4) is 6.07 Å². The minimum atomic E-state index is -1.00. The van der Waals surface area contributed by atoms with E-state index in [4.69, 9.17) is 5.26 Å². The molecule has 0 amide bonds. The van der Waals surface area contributed by atoms with Crippen molar-refractivity contribution in [1.29, 1.82) is 5.26 Å². The molecule has 1 N–H and O–H groups in total. The summed E-state index contributed by atoms with van der Waals surface area (Å²) in [5, 5.41) is 18.0. The average Bonchev–Trinajstić information content (AvgIpc) is 2.16. The van der Waals surface area contributed by atoms with Crippen molar-refractivity contribution in [2.45, 2.75) is 25.9 Å². The monoisotopic (exact) mass is 175 g/mol. The van der Waals surface area contributed by atoms with Gasteiger partial charge in [-0.1, -0.05) is 38.1 Å². The summed E-state index contributed by atoms with van der Waals surface area (Å²) in [6.45, 7) is 4.09. The van der Waals surface area contributed by atoms with E-state index in [9.17, 15) is 5.11 Å². The third-order valence-corrected chi connectivity index (χ3v) is 2.03. The van der Waals surface area contributed by atoms with Crippen LogP contribution in [-0.2, 0) is 0 Å². The Morgan fingerprint density at radius 2 is 1.77 bits per heavy atom. The number of aliphatic hydroxyl groups is 1. The Kier molecular flexibility index (Phi) is 3.05. The van der Waals surface area contributed by atoms with Crippen molar-refractivity contribution in [3.63, 3.8) is 0 Å². The number of hydrogen-bond donors (Lipinski definition) is 1. The molecule has 0 spiro atoms. The van der Waals surface area contributed by atoms with Crippen LogP contribution < -0.4 is 0 Å². The maximum Gasteiger partial charge on any atom is 0.166 e. The Morgan fingerprint density at radius 3 is 2.23 bits per heavy atom. The third kappa shape index (κ3) is 2.07. The Morgan fingerprint density at radius 1 is 1.23 bits per heavy atom. The molecule has 0 heterocycles. The summed E-state index contributed by atoms with van der Waals surface area (Å²) in [6, 6.07) is 9.33. The minimum absolute atomic E-state index is 0.333. The molecule has 1 aromatic carbocycles. The summed E-state index contributed by atoms with van der Waals surface area (Å²) in [4.78, 5) is 0. The van der Waals surface area contributed by atoms with Crippen molar-refractivity contribution in [3.05, 3.63) is 35.4 Å². The lowest BCUT2D eigenvalue weighted by atomic mass is 9.94. The van der Waals surface area contributed by atoms with Crippen LogP contribution in [0.2, 0.25) is 0 Å². The molecule has 68 valence electrons. The van der Waals surface area contributed by atoms with Gasteiger partial charge in [0.1, 0.15) is 0 Å². The molecule has 1 atom stereocenters. The second-order valence-corrected chi connectivity index (χ2v) is 3.32. The van der Waals surface area contributed by atoms with Crippen LogP contribution in [0.3, 0.4) is 0 Å². The van der Waals surface area contributed by atoms with Gasteiger partial charge in [-0.2, -0.15) is 5.26 Å². The lowest BCUT2D eigenvalue weighted by Gasteiger charge is -2.12. The fourth-order valence-corrected chi connectivity index (χ4v) is 1.36. The summed E-state index contributed by atoms with van der Waals surface area (Å²) in [5.41, 5.74) is 1.76. The Labute approximate surface area is 78.4 Å². The normalized spacial score (nSPS) is 12.5. The molecule has 0 fully saturated rings. The largest absolute Gasteiger partial charge is 0.374 e. The standard InChI is InChI=1S/C11H13NO/c1-8(2)9-5-3-4-6-10(9)11(13)7-12/h3-6,8,11,13H,1-2H3. The van der Waals surface area contributed by atoms with Crippen LogP contribution in [0.15, 0.2) is 24.3 Å². The average molecular weight is 175 g/mol. The van der Waals surface area contributed by atoms with Gasteiger partial charge in [-0.05, 0) is 17.0 Å². The lowest BCUT2D eigenvalue weighted by molar-refractivity contribution is 0.234. The van der Waals surface area contributed by atoms with Crippen molar-refractivity contribution in [2.75, 3.05) is 0 Å². The Bertz CT molecular complexity index is 325. The van der Waals surface area contributed by atoms with E-state index in [1.165, 1.54) is 0 Å². The maximum absolute atomic E-state index is 9.40. The fraction of sp³-hybridized carbons (Fsp3) is 0.364. The molecular weight excluding hydrogens is 162 g/mol. The van der Waals surface area contributed by atoms with Gasteiger partial charge < -0.3 is 5.11 Å². The van der Waals surface area contributed by atoms with Gasteiger partial charge in [-0.15, -0.1) is 0 Å². The van der Waals surface area contributed by atoms with Crippen LogP contribution in [0.1, 0.15) is 37.0 Å². The van der Waals surface area contributed by atoms with E-state index < -0.39 is 6.10 Å². The van der Waals surface area contributed by atoms with Gasteiger partial charge in [-0.3, -0.25) is 0 Å². The molecule has 1 unspecified atom stereocenters. The smallest absolute Gasteiger partial charge is 0.166 e. The summed E-state index contributed by atoms with van der Waals surface area (Å²) < 4.78 is 0. The first-order valence-corrected chi connectivity index (χ1v) is 4.33. The second kappa shape index (κ2) is 4.06. The predicted molar refractivity (Wildman–Crippen MR) is 51.1 cm³/mol. The Balaban J connectivity index is 3.13. The van der Waals surface area contributed by atoms with Gasteiger partial charge in [0, 0.05) is 0 Å². The van der Waals surface area contributed by atoms with E-state index in [0.717, 1.165) is 11.1 Å². The number of nitriles is 1. The van der Waals surface area contributed by atoms with Crippen LogP contribution in [0.5, 0.6) is 0 Å². The Hall–Kier alpha value is -1.33. The molecule has 2 nitrogen and oxygen atoms in total. The summed E-state index contributed by atoms with van der Waals surface area (Å²) in [5.74, 6) is 0.333. The highest BCUT2D eigenvalue weighted by atomic mass is 16.3. The van der Waals surface area contributed by atoms with Crippen LogP contribution in [-0.4, -0.2) is 5.11 Å². The third-order valence-electron chi connectivity index (χ3n) is 2.03. The zero-order chi connectivity index (χ0) is 9.84. The molecule has 0 saturated heterocycles. The highest BCUT2D eigenvalue weighted by molar-refractivity contribution is 5.33. The van der Waals surface area contributed by atoms with E-state index in [1.807, 2.05) is 38.1 Å². The molecule has 1 rings (SSSR count). The molecule has 0 saturated carbocycles. The van der Waals surface area contributed by atoms with Crippen LogP contribution in [0, 0.1) is 11.3 Å². The summed E-state index contributed by atoms with van der Waals surface area (Å²) >= 11 is 0. The van der Waals surface area contributed by atoms with Crippen molar-refractivity contribution in [1.82, 2.24) is 0 Å². The topological polar surface area (TPSA) is 44.0 Å². The lowest BCUT2D eigenvalue weighted by Crippen LogP contribution is -2.00. The van der Waals surface area contributed by atoms with Gasteiger partial charge in [-0.25, -0.2) is 0 Å². The second-order valence-electron chi connectivity index (χ2n) is 3.32. The maximum atomic E-state index is 9.40. The SMILES string of the molecule is CC(C)c1ccccc1C(O)C#N. The number of aliphatic hydroxyl groups excluding tert-OH is 1. The quantitative estimate of drug-likeness (QED) is 0.701. The molecule has 1 aromatic rings. The van der Waals surface area contributed by atoms with Crippen LogP contribution in [0.4, 0.5) is 0 Å². The molecule has 0 aliphatic heterocycles. The first-order chi connectivity index (χ1) is 6.16. The molecule has 0 aromatic heterocycles. The zero-order valence-corrected chi connectivity index (χ0v) is 7.86. The van der Waals surface area contributed by atoms with Crippen molar-refractivity contribution in [2.24, 2.45) is 0 Å². The number of hydrogen-bond acceptors (Lipinski definition) is 2. The molecule has 0 aliphatic rings. The summed E-state index contributed by atoms with van der Waals surface area (Å²) in [6.07, 6.45) is -1.00.